The molecule has 112 valence electrons. The van der Waals surface area contributed by atoms with Crippen LogP contribution in [-0.2, 0) is 19.4 Å². The molecular weight excluding hydrogens is 256 g/mol. The van der Waals surface area contributed by atoms with E-state index in [9.17, 15) is 9.59 Å². The van der Waals surface area contributed by atoms with E-state index in [1.807, 2.05) is 6.92 Å². The summed E-state index contributed by atoms with van der Waals surface area (Å²) < 4.78 is 1.70. The van der Waals surface area contributed by atoms with Crippen molar-refractivity contribution >= 4 is 5.91 Å². The summed E-state index contributed by atoms with van der Waals surface area (Å²) in [6.45, 7) is 6.76. The molecule has 1 amide bonds. The maximum absolute atomic E-state index is 12.4. The summed E-state index contributed by atoms with van der Waals surface area (Å²) >= 11 is 0. The average Bonchev–Trinajstić information content (AvgIpc) is 2.46. The molecule has 0 saturated carbocycles. The third kappa shape index (κ3) is 3.48. The van der Waals surface area contributed by atoms with Crippen LogP contribution < -0.4 is 11.0 Å². The number of aryl methyl sites for hydroxylation is 1. The highest BCUT2D eigenvalue weighted by Gasteiger charge is 2.17. The first-order valence-corrected chi connectivity index (χ1v) is 7.30. The second-order valence-corrected chi connectivity index (χ2v) is 4.88. The Morgan fingerprint density at radius 1 is 1.30 bits per heavy atom. The monoisotopic (exact) mass is 280 g/mol. The molecule has 2 N–H and O–H groups in total. The van der Waals surface area contributed by atoms with Crippen molar-refractivity contribution in [3.63, 3.8) is 0 Å². The molecule has 5 nitrogen and oxygen atoms in total. The van der Waals surface area contributed by atoms with E-state index in [0.717, 1.165) is 43.4 Å². The lowest BCUT2D eigenvalue weighted by Gasteiger charge is -2.17. The van der Waals surface area contributed by atoms with Crippen molar-refractivity contribution in [2.75, 3.05) is 0 Å². The normalized spacial score (nSPS) is 10.6. The zero-order valence-corrected chi connectivity index (χ0v) is 12.5. The Morgan fingerprint density at radius 3 is 2.50 bits per heavy atom. The molecule has 0 aliphatic carbocycles. The first-order chi connectivity index (χ1) is 9.60. The highest BCUT2D eigenvalue weighted by Crippen LogP contribution is 2.13. The Morgan fingerprint density at radius 2 is 2.00 bits per heavy atom. The van der Waals surface area contributed by atoms with E-state index < -0.39 is 5.91 Å². The molecule has 0 bridgehead atoms. The van der Waals surface area contributed by atoms with Crippen LogP contribution in [0.3, 0.4) is 0 Å². The highest BCUT2D eigenvalue weighted by atomic mass is 16.5. The van der Waals surface area contributed by atoms with Crippen molar-refractivity contribution in [1.82, 2.24) is 10.0 Å². The number of hydrogen-bond acceptors (Lipinski definition) is 3. The number of pyridine rings is 1. The second kappa shape index (κ2) is 7.85. The minimum atomic E-state index is -0.738. The zero-order valence-electron chi connectivity index (χ0n) is 12.5. The Bertz CT molecular complexity index is 521. The Labute approximate surface area is 119 Å². The molecular formula is C15H24N2O3. The number of carbonyl (C=O) groups excluding carboxylic acids is 1. The first kappa shape index (κ1) is 16.4. The molecule has 1 heterocycles. The number of nitrogens with one attached hydrogen (secondary N) is 1. The van der Waals surface area contributed by atoms with Crippen LogP contribution in [0.4, 0.5) is 0 Å². The lowest BCUT2D eigenvalue weighted by Crippen LogP contribution is -2.34. The van der Waals surface area contributed by atoms with Gasteiger partial charge in [-0.05, 0) is 30.9 Å². The van der Waals surface area contributed by atoms with Gasteiger partial charge in [-0.3, -0.25) is 14.8 Å². The molecule has 20 heavy (non-hydrogen) atoms. The van der Waals surface area contributed by atoms with Gasteiger partial charge < -0.3 is 4.57 Å². The lowest BCUT2D eigenvalue weighted by molar-refractivity contribution is 0.0703. The van der Waals surface area contributed by atoms with Gasteiger partial charge in [-0.1, -0.05) is 33.6 Å². The highest BCUT2D eigenvalue weighted by molar-refractivity contribution is 5.93. The molecule has 0 radical (unpaired) electrons. The molecule has 0 saturated heterocycles. The van der Waals surface area contributed by atoms with E-state index in [1.54, 1.807) is 16.1 Å². The van der Waals surface area contributed by atoms with Crippen molar-refractivity contribution in [2.24, 2.45) is 0 Å². The molecule has 0 spiro atoms. The van der Waals surface area contributed by atoms with Crippen LogP contribution in [0.25, 0.3) is 0 Å². The summed E-state index contributed by atoms with van der Waals surface area (Å²) in [6.07, 6.45) is 4.40. The molecule has 0 aliphatic rings. The van der Waals surface area contributed by atoms with Crippen molar-refractivity contribution in [3.8, 4) is 0 Å². The summed E-state index contributed by atoms with van der Waals surface area (Å²) in [4.78, 5) is 24.1. The van der Waals surface area contributed by atoms with E-state index >= 15 is 0 Å². The van der Waals surface area contributed by atoms with Gasteiger partial charge in [-0.25, -0.2) is 5.48 Å². The van der Waals surface area contributed by atoms with Gasteiger partial charge in [0.15, 0.2) is 0 Å². The van der Waals surface area contributed by atoms with Gasteiger partial charge in [0.05, 0.1) is 0 Å². The third-order valence-corrected chi connectivity index (χ3v) is 3.44. The van der Waals surface area contributed by atoms with Gasteiger partial charge in [-0.2, -0.15) is 0 Å². The van der Waals surface area contributed by atoms with Crippen molar-refractivity contribution in [1.29, 1.82) is 0 Å². The fourth-order valence-electron chi connectivity index (χ4n) is 2.37. The lowest BCUT2D eigenvalue weighted by atomic mass is 10.0. The zero-order chi connectivity index (χ0) is 15.1. The van der Waals surface area contributed by atoms with Crippen molar-refractivity contribution in [3.05, 3.63) is 33.2 Å². The van der Waals surface area contributed by atoms with Gasteiger partial charge in [0.25, 0.3) is 11.5 Å². The van der Waals surface area contributed by atoms with Gasteiger partial charge >= 0.3 is 0 Å². The molecule has 1 aromatic rings. The second-order valence-electron chi connectivity index (χ2n) is 4.88. The Hall–Kier alpha value is -1.62. The molecule has 0 unspecified atom stereocenters. The number of aromatic nitrogens is 1. The topological polar surface area (TPSA) is 71.3 Å². The predicted octanol–water partition coefficient (Wildman–Crippen LogP) is 2.28. The van der Waals surface area contributed by atoms with E-state index in [-0.39, 0.29) is 11.1 Å². The van der Waals surface area contributed by atoms with Gasteiger partial charge in [0, 0.05) is 12.2 Å². The Balaban J connectivity index is 3.46. The maximum Gasteiger partial charge on any atom is 0.280 e. The van der Waals surface area contributed by atoms with Crippen LogP contribution in [0.1, 0.15) is 61.6 Å². The van der Waals surface area contributed by atoms with E-state index in [4.69, 9.17) is 5.21 Å². The molecule has 5 heteroatoms. The molecule has 0 fully saturated rings. The molecule has 0 aliphatic heterocycles. The molecule has 1 rings (SSSR count). The van der Waals surface area contributed by atoms with Gasteiger partial charge in [-0.15, -0.1) is 0 Å². The van der Waals surface area contributed by atoms with Crippen LogP contribution in [0.15, 0.2) is 10.9 Å². The van der Waals surface area contributed by atoms with Crippen LogP contribution in [0.5, 0.6) is 0 Å². The number of nitrogens with zero attached hydrogens (tertiary/aromatic N) is 1. The maximum atomic E-state index is 12.4. The number of hydroxylamine groups is 1. The predicted molar refractivity (Wildman–Crippen MR) is 78.2 cm³/mol. The van der Waals surface area contributed by atoms with Gasteiger partial charge in [0.2, 0.25) is 0 Å². The van der Waals surface area contributed by atoms with Crippen LogP contribution in [0, 0.1) is 0 Å². The number of carbonyl (C=O) groups is 1. The van der Waals surface area contributed by atoms with E-state index in [0.29, 0.717) is 6.54 Å². The fourth-order valence-corrected chi connectivity index (χ4v) is 2.37. The standard InChI is InChI=1S/C15H24N2O3/c1-4-7-9-17-13(8-5-2)11(6-3)10-12(15(17)19)14(18)16-20/h10,20H,4-9H2,1-3H3,(H,16,18). The summed E-state index contributed by atoms with van der Waals surface area (Å²) in [6, 6.07) is 1.61. The SMILES string of the molecule is CCCCn1c(CCC)c(CC)cc(C(=O)NO)c1=O. The summed E-state index contributed by atoms with van der Waals surface area (Å²) in [5.41, 5.74) is 3.27. The van der Waals surface area contributed by atoms with Gasteiger partial charge in [0.1, 0.15) is 5.56 Å². The van der Waals surface area contributed by atoms with Crippen molar-refractivity contribution in [2.45, 2.75) is 59.4 Å². The number of rotatable bonds is 7. The average molecular weight is 280 g/mol. The van der Waals surface area contributed by atoms with Crippen LogP contribution >= 0.6 is 0 Å². The Kier molecular flexibility index (Phi) is 6.45. The number of amides is 1. The molecule has 0 aromatic carbocycles. The summed E-state index contributed by atoms with van der Waals surface area (Å²) in [5.74, 6) is -0.738. The molecule has 0 atom stereocenters. The van der Waals surface area contributed by atoms with Crippen LogP contribution in [0.2, 0.25) is 0 Å². The minimum absolute atomic E-state index is 0.0142. The van der Waals surface area contributed by atoms with Crippen LogP contribution in [-0.4, -0.2) is 15.7 Å². The largest absolute Gasteiger partial charge is 0.312 e. The third-order valence-electron chi connectivity index (χ3n) is 3.44. The minimum Gasteiger partial charge on any atom is -0.312 e. The van der Waals surface area contributed by atoms with E-state index in [2.05, 4.69) is 13.8 Å². The molecule has 1 aromatic heterocycles. The number of hydrogen-bond donors (Lipinski definition) is 2. The van der Waals surface area contributed by atoms with E-state index in [1.165, 1.54) is 0 Å². The quantitative estimate of drug-likeness (QED) is 0.594. The number of unbranched alkanes of at least 4 members (excludes halogenated alkanes) is 1. The fraction of sp³-hybridized carbons (Fsp3) is 0.600. The first-order valence-electron chi connectivity index (χ1n) is 7.30. The smallest absolute Gasteiger partial charge is 0.280 e. The summed E-state index contributed by atoms with van der Waals surface area (Å²) in [7, 11) is 0. The van der Waals surface area contributed by atoms with Crippen molar-refractivity contribution < 1.29 is 10.0 Å². The summed E-state index contributed by atoms with van der Waals surface area (Å²) in [5, 5.41) is 8.77.